The molecule has 0 spiro atoms. The van der Waals surface area contributed by atoms with E-state index in [0.717, 1.165) is 44.5 Å². The fourth-order valence-electron chi connectivity index (χ4n) is 2.89. The molecule has 130 valence electrons. The number of sulfonamides is 1. The van der Waals surface area contributed by atoms with E-state index >= 15 is 0 Å². The van der Waals surface area contributed by atoms with Gasteiger partial charge in [0, 0.05) is 12.6 Å². The average Bonchev–Trinajstić information content (AvgIpc) is 2.49. The first-order valence-corrected chi connectivity index (χ1v) is 10.1. The summed E-state index contributed by atoms with van der Waals surface area (Å²) in [7, 11) is -3.30. The lowest BCUT2D eigenvalue weighted by Gasteiger charge is -2.32. The summed E-state index contributed by atoms with van der Waals surface area (Å²) in [5, 5.41) is 0. The molecule has 1 saturated heterocycles. The number of piperidine rings is 1. The topological polar surface area (TPSA) is 58.6 Å². The van der Waals surface area contributed by atoms with Crippen LogP contribution in [0.15, 0.2) is 24.3 Å². The van der Waals surface area contributed by atoms with E-state index < -0.39 is 10.0 Å². The van der Waals surface area contributed by atoms with Crippen molar-refractivity contribution in [2.45, 2.75) is 39.2 Å². The Morgan fingerprint density at radius 2 is 2.04 bits per heavy atom. The number of likely N-dealkylation sites (tertiary alicyclic amines) is 1. The van der Waals surface area contributed by atoms with Crippen molar-refractivity contribution in [2.75, 3.05) is 32.0 Å². The average molecular weight is 340 g/mol. The van der Waals surface area contributed by atoms with Gasteiger partial charge in [-0.15, -0.1) is 0 Å². The molecule has 0 bridgehead atoms. The normalized spacial score (nSPS) is 19.7. The number of ether oxygens (including phenoxy) is 1. The summed E-state index contributed by atoms with van der Waals surface area (Å²) in [6.07, 6.45) is 3.06. The molecular formula is C17H28N2O3S. The molecule has 1 fully saturated rings. The number of nitrogens with one attached hydrogen (secondary N) is 1. The molecular weight excluding hydrogens is 312 g/mol. The van der Waals surface area contributed by atoms with E-state index in [2.05, 4.69) is 16.5 Å². The smallest absolute Gasteiger partial charge is 0.215 e. The van der Waals surface area contributed by atoms with Crippen molar-refractivity contribution in [2.24, 2.45) is 0 Å². The number of aryl methyl sites for hydroxylation is 1. The van der Waals surface area contributed by atoms with E-state index in [0.29, 0.717) is 5.75 Å². The van der Waals surface area contributed by atoms with E-state index in [1.54, 1.807) is 0 Å². The quantitative estimate of drug-likeness (QED) is 0.788. The van der Waals surface area contributed by atoms with Gasteiger partial charge in [0.15, 0.2) is 0 Å². The minimum Gasteiger partial charge on any atom is -0.492 e. The summed E-state index contributed by atoms with van der Waals surface area (Å²) >= 11 is 0. The predicted octanol–water partition coefficient (Wildman–Crippen LogP) is 2.17. The largest absolute Gasteiger partial charge is 0.492 e. The zero-order valence-corrected chi connectivity index (χ0v) is 14.9. The molecule has 5 nitrogen and oxygen atoms in total. The summed E-state index contributed by atoms with van der Waals surface area (Å²) in [5.74, 6) is 0.697. The van der Waals surface area contributed by atoms with Gasteiger partial charge in [-0.05, 0) is 51.4 Å². The maximum Gasteiger partial charge on any atom is 0.215 e. The Kier molecular flexibility index (Phi) is 6.87. The van der Waals surface area contributed by atoms with Crippen LogP contribution in [0.4, 0.5) is 0 Å². The van der Waals surface area contributed by atoms with Crippen molar-refractivity contribution in [3.8, 4) is 5.75 Å². The third-order valence-corrected chi connectivity index (χ3v) is 5.43. The molecule has 1 heterocycles. The van der Waals surface area contributed by atoms with Crippen LogP contribution in [0.5, 0.6) is 5.75 Å². The molecule has 1 atom stereocenters. The molecule has 2 rings (SSSR count). The molecule has 0 aliphatic carbocycles. The Morgan fingerprint density at radius 1 is 1.30 bits per heavy atom. The third-order valence-electron chi connectivity index (χ3n) is 4.03. The summed E-state index contributed by atoms with van der Waals surface area (Å²) in [6, 6.07) is 7.65. The van der Waals surface area contributed by atoms with Crippen molar-refractivity contribution in [3.63, 3.8) is 0 Å². The van der Waals surface area contributed by atoms with Gasteiger partial charge in [0.25, 0.3) is 0 Å². The molecule has 0 radical (unpaired) electrons. The summed E-state index contributed by atoms with van der Waals surface area (Å²) in [4.78, 5) is 2.33. The monoisotopic (exact) mass is 340 g/mol. The molecule has 1 aliphatic heterocycles. The summed E-state index contributed by atoms with van der Waals surface area (Å²) < 4.78 is 32.7. The number of hydrogen-bond donors (Lipinski definition) is 1. The van der Waals surface area contributed by atoms with Crippen LogP contribution < -0.4 is 9.46 Å². The lowest BCUT2D eigenvalue weighted by atomic mass is 10.1. The molecule has 1 aromatic carbocycles. The van der Waals surface area contributed by atoms with Crippen LogP contribution in [0.1, 0.15) is 31.7 Å². The van der Waals surface area contributed by atoms with Gasteiger partial charge in [0.2, 0.25) is 10.0 Å². The van der Waals surface area contributed by atoms with Gasteiger partial charge in [-0.3, -0.25) is 0 Å². The Bertz CT molecular complexity index is 570. The van der Waals surface area contributed by atoms with Crippen LogP contribution in [0.2, 0.25) is 0 Å². The number of hydrogen-bond acceptors (Lipinski definition) is 4. The van der Waals surface area contributed by atoms with Gasteiger partial charge in [-0.1, -0.05) is 24.6 Å². The van der Waals surface area contributed by atoms with Crippen LogP contribution in [-0.4, -0.2) is 51.4 Å². The van der Waals surface area contributed by atoms with Gasteiger partial charge in [0.1, 0.15) is 12.4 Å². The Balaban J connectivity index is 1.76. The zero-order valence-electron chi connectivity index (χ0n) is 14.1. The van der Waals surface area contributed by atoms with Gasteiger partial charge < -0.3 is 9.64 Å². The molecule has 23 heavy (non-hydrogen) atoms. The highest BCUT2D eigenvalue weighted by molar-refractivity contribution is 7.89. The number of nitrogens with zero attached hydrogens (tertiary/aromatic N) is 1. The van der Waals surface area contributed by atoms with Crippen molar-refractivity contribution >= 4 is 10.0 Å². The van der Waals surface area contributed by atoms with Crippen LogP contribution in [0.25, 0.3) is 0 Å². The first-order valence-electron chi connectivity index (χ1n) is 8.40. The fourth-order valence-corrected chi connectivity index (χ4v) is 4.01. The van der Waals surface area contributed by atoms with Gasteiger partial charge in [-0.25, -0.2) is 13.1 Å². The highest BCUT2D eigenvalue weighted by Crippen LogP contribution is 2.13. The second kappa shape index (κ2) is 8.66. The maximum atomic E-state index is 12.2. The maximum absolute atomic E-state index is 12.2. The predicted molar refractivity (Wildman–Crippen MR) is 93.3 cm³/mol. The molecule has 1 N–H and O–H groups in total. The molecule has 1 aromatic rings. The molecule has 6 heteroatoms. The van der Waals surface area contributed by atoms with Crippen LogP contribution in [0, 0.1) is 6.92 Å². The second-order valence-electron chi connectivity index (χ2n) is 6.24. The van der Waals surface area contributed by atoms with Gasteiger partial charge >= 0.3 is 0 Å². The zero-order chi connectivity index (χ0) is 16.7. The second-order valence-corrected chi connectivity index (χ2v) is 8.11. The summed E-state index contributed by atoms with van der Waals surface area (Å²) in [6.45, 7) is 7.24. The molecule has 1 aliphatic rings. The Morgan fingerprint density at radius 3 is 2.74 bits per heavy atom. The minimum absolute atomic E-state index is 0.00878. The SMILES string of the molecule is CCCN1CCC[C@H](NS(=O)(=O)CCOc2ccc(C)cc2)C1. The van der Waals surface area contributed by atoms with E-state index in [-0.39, 0.29) is 18.4 Å². The highest BCUT2D eigenvalue weighted by atomic mass is 32.2. The molecule has 0 unspecified atom stereocenters. The Hall–Kier alpha value is -1.11. The van der Waals surface area contributed by atoms with Crippen LogP contribution in [0.3, 0.4) is 0 Å². The Labute approximate surface area is 140 Å². The molecule has 0 saturated carbocycles. The fraction of sp³-hybridized carbons (Fsp3) is 0.647. The molecule has 0 aromatic heterocycles. The lowest BCUT2D eigenvalue weighted by molar-refractivity contribution is 0.202. The first-order chi connectivity index (χ1) is 11.0. The minimum atomic E-state index is -3.30. The van der Waals surface area contributed by atoms with E-state index in [4.69, 9.17) is 4.74 Å². The highest BCUT2D eigenvalue weighted by Gasteiger charge is 2.23. The third kappa shape index (κ3) is 6.49. The van der Waals surface area contributed by atoms with E-state index in [1.807, 2.05) is 31.2 Å². The van der Waals surface area contributed by atoms with Crippen molar-refractivity contribution < 1.29 is 13.2 Å². The van der Waals surface area contributed by atoms with E-state index in [9.17, 15) is 8.42 Å². The standard InChI is InChI=1S/C17H28N2O3S/c1-3-10-19-11-4-5-16(14-19)18-23(20,21)13-12-22-17-8-6-15(2)7-9-17/h6-9,16,18H,3-5,10-14H2,1-2H3/t16-/m0/s1. The lowest BCUT2D eigenvalue weighted by Crippen LogP contribution is -2.48. The van der Waals surface area contributed by atoms with Crippen molar-refractivity contribution in [3.05, 3.63) is 29.8 Å². The van der Waals surface area contributed by atoms with Gasteiger partial charge in [0.05, 0.1) is 5.75 Å². The van der Waals surface area contributed by atoms with Gasteiger partial charge in [-0.2, -0.15) is 0 Å². The van der Waals surface area contributed by atoms with E-state index in [1.165, 1.54) is 0 Å². The van der Waals surface area contributed by atoms with Crippen molar-refractivity contribution in [1.29, 1.82) is 0 Å². The summed E-state index contributed by atoms with van der Waals surface area (Å²) in [5.41, 5.74) is 1.15. The number of benzene rings is 1. The van der Waals surface area contributed by atoms with Crippen LogP contribution >= 0.6 is 0 Å². The van der Waals surface area contributed by atoms with Crippen molar-refractivity contribution in [1.82, 2.24) is 9.62 Å². The van der Waals surface area contributed by atoms with Crippen LogP contribution in [-0.2, 0) is 10.0 Å². The number of rotatable bonds is 8. The first kappa shape index (κ1) is 18.2. The molecule has 0 amide bonds.